The molecule has 3 aliphatic rings. The first-order valence-corrected chi connectivity index (χ1v) is 10.3. The standard InChI is InChI=1S/C22H31FN2O2/c1-14-5-15-7-16(6-14)11-22(2,10-15)13-25-4-3-17-8-18(21(26)24-27)9-20(23)19(17)12-25/h8-9,14-16,27H,3-7,10-13H2,1-2H3,(H,24,26). The molecule has 2 saturated carbocycles. The highest BCUT2D eigenvalue weighted by Gasteiger charge is 2.42. The van der Waals surface area contributed by atoms with Gasteiger partial charge in [-0.2, -0.15) is 0 Å². The molecule has 0 radical (unpaired) electrons. The van der Waals surface area contributed by atoms with Crippen LogP contribution in [0.1, 0.15) is 67.4 Å². The van der Waals surface area contributed by atoms with E-state index in [4.69, 9.17) is 5.21 Å². The van der Waals surface area contributed by atoms with Crippen molar-refractivity contribution in [1.82, 2.24) is 10.4 Å². The molecule has 2 fully saturated rings. The van der Waals surface area contributed by atoms with E-state index in [9.17, 15) is 9.18 Å². The first-order chi connectivity index (χ1) is 12.8. The van der Waals surface area contributed by atoms with Crippen LogP contribution < -0.4 is 5.48 Å². The van der Waals surface area contributed by atoms with Crippen LogP contribution in [-0.4, -0.2) is 29.1 Å². The first kappa shape index (κ1) is 18.9. The Labute approximate surface area is 161 Å². The molecule has 2 atom stereocenters. The lowest BCUT2D eigenvalue weighted by Crippen LogP contribution is -2.45. The number of amides is 1. The van der Waals surface area contributed by atoms with E-state index < -0.39 is 5.91 Å². The molecule has 1 heterocycles. The Morgan fingerprint density at radius 3 is 2.67 bits per heavy atom. The molecule has 0 saturated heterocycles. The third-order valence-electron chi connectivity index (χ3n) is 7.04. The van der Waals surface area contributed by atoms with E-state index in [0.29, 0.717) is 17.5 Å². The maximum absolute atomic E-state index is 14.6. The van der Waals surface area contributed by atoms with Gasteiger partial charge in [0.05, 0.1) is 0 Å². The average Bonchev–Trinajstić information content (AvgIpc) is 2.59. The fourth-order valence-electron chi connectivity index (χ4n) is 6.38. The molecule has 4 nitrogen and oxygen atoms in total. The van der Waals surface area contributed by atoms with Crippen molar-refractivity contribution in [3.05, 3.63) is 34.6 Å². The van der Waals surface area contributed by atoms with Crippen molar-refractivity contribution in [3.8, 4) is 0 Å². The normalized spacial score (nSPS) is 33.4. The zero-order valence-electron chi connectivity index (χ0n) is 16.4. The van der Waals surface area contributed by atoms with Crippen molar-refractivity contribution < 1.29 is 14.4 Å². The molecule has 2 bridgehead atoms. The van der Waals surface area contributed by atoms with Crippen LogP contribution in [-0.2, 0) is 13.0 Å². The number of hydroxylamine groups is 1. The Hall–Kier alpha value is -1.46. The minimum absolute atomic E-state index is 0.184. The molecule has 2 unspecified atom stereocenters. The fourth-order valence-corrected chi connectivity index (χ4v) is 6.38. The van der Waals surface area contributed by atoms with Crippen LogP contribution in [0, 0.1) is 29.0 Å². The summed E-state index contributed by atoms with van der Waals surface area (Å²) < 4.78 is 14.6. The van der Waals surface area contributed by atoms with E-state index >= 15 is 0 Å². The van der Waals surface area contributed by atoms with E-state index in [1.54, 1.807) is 11.5 Å². The second kappa shape index (κ2) is 7.17. The van der Waals surface area contributed by atoms with Crippen molar-refractivity contribution in [1.29, 1.82) is 0 Å². The summed E-state index contributed by atoms with van der Waals surface area (Å²) in [5.41, 5.74) is 3.71. The second-order valence-electron chi connectivity index (χ2n) is 9.76. The summed E-state index contributed by atoms with van der Waals surface area (Å²) in [7, 11) is 0. The zero-order chi connectivity index (χ0) is 19.2. The Morgan fingerprint density at radius 2 is 2.00 bits per heavy atom. The van der Waals surface area contributed by atoms with Gasteiger partial charge < -0.3 is 0 Å². The Kier molecular flexibility index (Phi) is 5.02. The van der Waals surface area contributed by atoms with Gasteiger partial charge in [-0.3, -0.25) is 14.9 Å². The topological polar surface area (TPSA) is 52.6 Å². The predicted molar refractivity (Wildman–Crippen MR) is 102 cm³/mol. The number of rotatable bonds is 3. The van der Waals surface area contributed by atoms with E-state index in [1.807, 2.05) is 0 Å². The highest BCUT2D eigenvalue weighted by Crippen LogP contribution is 2.50. The molecule has 2 N–H and O–H groups in total. The summed E-state index contributed by atoms with van der Waals surface area (Å²) >= 11 is 0. The lowest BCUT2D eigenvalue weighted by molar-refractivity contribution is 0.0171. The molecule has 5 heteroatoms. The molecular formula is C22H31FN2O2. The highest BCUT2D eigenvalue weighted by molar-refractivity contribution is 5.93. The number of fused-ring (bicyclic) bond motifs is 3. The number of carbonyl (C=O) groups excluding carboxylic acids is 1. The number of hydrogen-bond donors (Lipinski definition) is 2. The highest BCUT2D eigenvalue weighted by atomic mass is 19.1. The Bertz CT molecular complexity index is 717. The lowest BCUT2D eigenvalue weighted by Gasteiger charge is -2.49. The van der Waals surface area contributed by atoms with E-state index in [0.717, 1.165) is 42.8 Å². The van der Waals surface area contributed by atoms with Crippen LogP contribution in [0.4, 0.5) is 4.39 Å². The Morgan fingerprint density at radius 1 is 1.30 bits per heavy atom. The zero-order valence-corrected chi connectivity index (χ0v) is 16.4. The van der Waals surface area contributed by atoms with Crippen molar-refractivity contribution in [2.45, 2.75) is 58.9 Å². The number of carbonyl (C=O) groups is 1. The number of hydrogen-bond acceptors (Lipinski definition) is 3. The van der Waals surface area contributed by atoms with Crippen molar-refractivity contribution in [2.75, 3.05) is 13.1 Å². The van der Waals surface area contributed by atoms with Gasteiger partial charge in [0, 0.05) is 30.8 Å². The largest absolute Gasteiger partial charge is 0.298 e. The van der Waals surface area contributed by atoms with Crippen LogP contribution in [0.3, 0.4) is 0 Å². The molecule has 0 aromatic heterocycles. The quantitative estimate of drug-likeness (QED) is 0.617. The number of nitrogens with zero attached hydrogens (tertiary/aromatic N) is 1. The van der Waals surface area contributed by atoms with Crippen molar-refractivity contribution in [2.24, 2.45) is 23.2 Å². The van der Waals surface area contributed by atoms with E-state index in [1.165, 1.54) is 38.2 Å². The molecule has 27 heavy (non-hydrogen) atoms. The van der Waals surface area contributed by atoms with Gasteiger partial charge in [-0.05, 0) is 79.4 Å². The van der Waals surface area contributed by atoms with Gasteiger partial charge in [-0.15, -0.1) is 0 Å². The molecule has 1 amide bonds. The molecule has 1 aromatic rings. The number of benzene rings is 1. The third kappa shape index (κ3) is 3.90. The van der Waals surface area contributed by atoms with Crippen LogP contribution in [0.2, 0.25) is 0 Å². The maximum Gasteiger partial charge on any atom is 0.274 e. The van der Waals surface area contributed by atoms with Gasteiger partial charge in [0.25, 0.3) is 5.91 Å². The van der Waals surface area contributed by atoms with E-state index in [2.05, 4.69) is 18.7 Å². The summed E-state index contributed by atoms with van der Waals surface area (Å²) in [5.74, 6) is 1.61. The summed E-state index contributed by atoms with van der Waals surface area (Å²) in [6.45, 7) is 7.38. The molecule has 4 rings (SSSR count). The molecule has 1 aliphatic heterocycles. The SMILES string of the molecule is CC1CC2CC(C1)CC(C)(CN1CCc3cc(C(=O)NO)cc(F)c3C1)C2. The molecular weight excluding hydrogens is 343 g/mol. The van der Waals surface area contributed by atoms with Gasteiger partial charge in [-0.25, -0.2) is 9.87 Å². The predicted octanol–water partition coefficient (Wildman–Crippen LogP) is 4.16. The van der Waals surface area contributed by atoms with Gasteiger partial charge in [0.2, 0.25) is 0 Å². The van der Waals surface area contributed by atoms with Crippen molar-refractivity contribution >= 4 is 5.91 Å². The summed E-state index contributed by atoms with van der Waals surface area (Å²) in [5, 5.41) is 8.79. The minimum Gasteiger partial charge on any atom is -0.298 e. The summed E-state index contributed by atoms with van der Waals surface area (Å²) in [4.78, 5) is 14.0. The Balaban J connectivity index is 1.46. The number of nitrogens with one attached hydrogen (secondary N) is 1. The van der Waals surface area contributed by atoms with Crippen LogP contribution in [0.25, 0.3) is 0 Å². The molecule has 2 aliphatic carbocycles. The molecule has 1 aromatic carbocycles. The van der Waals surface area contributed by atoms with Gasteiger partial charge >= 0.3 is 0 Å². The fraction of sp³-hybridized carbons (Fsp3) is 0.682. The summed E-state index contributed by atoms with van der Waals surface area (Å²) in [6, 6.07) is 2.96. The number of halogens is 1. The van der Waals surface area contributed by atoms with Gasteiger partial charge in [-0.1, -0.05) is 13.8 Å². The van der Waals surface area contributed by atoms with Crippen LogP contribution >= 0.6 is 0 Å². The summed E-state index contributed by atoms with van der Waals surface area (Å²) in [6.07, 6.45) is 7.51. The first-order valence-electron chi connectivity index (χ1n) is 10.3. The van der Waals surface area contributed by atoms with Crippen molar-refractivity contribution in [3.63, 3.8) is 0 Å². The van der Waals surface area contributed by atoms with Crippen LogP contribution in [0.5, 0.6) is 0 Å². The second-order valence-corrected chi connectivity index (χ2v) is 9.76. The molecule has 148 valence electrons. The minimum atomic E-state index is -0.658. The molecule has 0 spiro atoms. The van der Waals surface area contributed by atoms with Gasteiger partial charge in [0.15, 0.2) is 0 Å². The monoisotopic (exact) mass is 374 g/mol. The van der Waals surface area contributed by atoms with Gasteiger partial charge in [0.1, 0.15) is 5.82 Å². The smallest absolute Gasteiger partial charge is 0.274 e. The average molecular weight is 375 g/mol. The third-order valence-corrected chi connectivity index (χ3v) is 7.04. The maximum atomic E-state index is 14.6. The lowest BCUT2D eigenvalue weighted by atomic mass is 9.59. The van der Waals surface area contributed by atoms with E-state index in [-0.39, 0.29) is 11.4 Å². The van der Waals surface area contributed by atoms with Crippen LogP contribution in [0.15, 0.2) is 12.1 Å².